The van der Waals surface area contributed by atoms with Crippen LogP contribution in [0.25, 0.3) is 0 Å². The van der Waals surface area contributed by atoms with Gasteiger partial charge in [0.25, 0.3) is 0 Å². The van der Waals surface area contributed by atoms with Crippen LogP contribution < -0.4 is 0 Å². The molecule has 0 bridgehead atoms. The second kappa shape index (κ2) is 6.25. The Bertz CT molecular complexity index is 399. The Hall–Kier alpha value is -0.280. The van der Waals surface area contributed by atoms with Gasteiger partial charge < -0.3 is 9.84 Å². The summed E-state index contributed by atoms with van der Waals surface area (Å²) in [6, 6.07) is 5.08. The van der Waals surface area contributed by atoms with E-state index in [2.05, 4.69) is 0 Å². The predicted octanol–water partition coefficient (Wildman–Crippen LogP) is 4.48. The van der Waals surface area contributed by atoms with Gasteiger partial charge in [0.05, 0.1) is 6.10 Å². The Kier molecular flexibility index (Phi) is 5.47. The lowest BCUT2D eigenvalue weighted by molar-refractivity contribution is -0.0898. The minimum Gasteiger partial charge on any atom is -0.386 e. The standard InChI is InChI=1S/C14H20Cl2O2/c1-5-18-13(14(2,3)4)12(17)10-8-9(15)6-7-11(10)16/h6-8,12-13,17H,5H2,1-4H3. The fraction of sp³-hybridized carbons (Fsp3) is 0.571. The Balaban J connectivity index is 3.09. The van der Waals surface area contributed by atoms with E-state index in [4.69, 9.17) is 27.9 Å². The molecule has 102 valence electrons. The van der Waals surface area contributed by atoms with E-state index in [0.29, 0.717) is 22.2 Å². The summed E-state index contributed by atoms with van der Waals surface area (Å²) in [5.74, 6) is 0. The molecule has 18 heavy (non-hydrogen) atoms. The first kappa shape index (κ1) is 15.8. The van der Waals surface area contributed by atoms with Gasteiger partial charge in [-0.15, -0.1) is 0 Å². The van der Waals surface area contributed by atoms with Gasteiger partial charge in [-0.1, -0.05) is 44.0 Å². The molecule has 0 aliphatic rings. The monoisotopic (exact) mass is 290 g/mol. The molecule has 0 aliphatic heterocycles. The SMILES string of the molecule is CCOC(C(O)c1cc(Cl)ccc1Cl)C(C)(C)C. The number of aliphatic hydroxyl groups is 1. The zero-order chi connectivity index (χ0) is 13.9. The highest BCUT2D eigenvalue weighted by Gasteiger charge is 2.33. The lowest BCUT2D eigenvalue weighted by Crippen LogP contribution is -2.35. The third-order valence-electron chi connectivity index (χ3n) is 2.76. The molecule has 0 spiro atoms. The van der Waals surface area contributed by atoms with Crippen LogP contribution in [0.4, 0.5) is 0 Å². The summed E-state index contributed by atoms with van der Waals surface area (Å²) in [5.41, 5.74) is 0.415. The van der Waals surface area contributed by atoms with Crippen molar-refractivity contribution in [2.24, 2.45) is 5.41 Å². The third kappa shape index (κ3) is 3.86. The molecule has 0 saturated heterocycles. The number of rotatable bonds is 4. The van der Waals surface area contributed by atoms with Crippen LogP contribution in [0.2, 0.25) is 10.0 Å². The van der Waals surface area contributed by atoms with E-state index in [1.165, 1.54) is 0 Å². The Morgan fingerprint density at radius 2 is 1.89 bits per heavy atom. The van der Waals surface area contributed by atoms with Crippen molar-refractivity contribution >= 4 is 23.2 Å². The predicted molar refractivity (Wildman–Crippen MR) is 76.3 cm³/mol. The molecule has 2 atom stereocenters. The maximum absolute atomic E-state index is 10.5. The zero-order valence-corrected chi connectivity index (χ0v) is 12.7. The summed E-state index contributed by atoms with van der Waals surface area (Å²) in [5, 5.41) is 11.5. The average molecular weight is 291 g/mol. The first-order valence-corrected chi connectivity index (χ1v) is 6.77. The summed E-state index contributed by atoms with van der Waals surface area (Å²) < 4.78 is 5.67. The minimum atomic E-state index is -0.795. The highest BCUT2D eigenvalue weighted by molar-refractivity contribution is 6.33. The average Bonchev–Trinajstić information content (AvgIpc) is 2.27. The molecular formula is C14H20Cl2O2. The normalized spacial score (nSPS) is 15.5. The van der Waals surface area contributed by atoms with Crippen LogP contribution >= 0.6 is 23.2 Å². The lowest BCUT2D eigenvalue weighted by atomic mass is 9.83. The Labute approximate surface area is 119 Å². The number of benzene rings is 1. The van der Waals surface area contributed by atoms with Crippen molar-refractivity contribution in [2.45, 2.75) is 39.9 Å². The van der Waals surface area contributed by atoms with Crippen LogP contribution in [0, 0.1) is 5.41 Å². The van der Waals surface area contributed by atoms with Gasteiger partial charge in [0, 0.05) is 22.2 Å². The summed E-state index contributed by atoms with van der Waals surface area (Å²) in [6.07, 6.45) is -1.13. The quantitative estimate of drug-likeness (QED) is 0.886. The highest BCUT2D eigenvalue weighted by Crippen LogP contribution is 2.36. The summed E-state index contributed by atoms with van der Waals surface area (Å²) in [7, 11) is 0. The van der Waals surface area contributed by atoms with Gasteiger partial charge in [0.1, 0.15) is 6.10 Å². The van der Waals surface area contributed by atoms with E-state index >= 15 is 0 Å². The number of halogens is 2. The molecule has 4 heteroatoms. The maximum Gasteiger partial charge on any atom is 0.107 e. The van der Waals surface area contributed by atoms with Gasteiger partial charge in [0.2, 0.25) is 0 Å². The number of hydrogen-bond donors (Lipinski definition) is 1. The van der Waals surface area contributed by atoms with Gasteiger partial charge >= 0.3 is 0 Å². The molecule has 1 rings (SSSR count). The molecule has 1 aromatic rings. The topological polar surface area (TPSA) is 29.5 Å². The molecule has 0 radical (unpaired) electrons. The first-order chi connectivity index (χ1) is 8.27. The fourth-order valence-corrected chi connectivity index (χ4v) is 2.31. The molecule has 0 saturated carbocycles. The molecule has 0 heterocycles. The van der Waals surface area contributed by atoms with Gasteiger partial charge in [-0.2, -0.15) is 0 Å². The first-order valence-electron chi connectivity index (χ1n) is 6.02. The van der Waals surface area contributed by atoms with Crippen molar-refractivity contribution in [1.82, 2.24) is 0 Å². The van der Waals surface area contributed by atoms with Crippen molar-refractivity contribution in [2.75, 3.05) is 6.61 Å². The molecule has 1 aromatic carbocycles. The van der Waals surface area contributed by atoms with Gasteiger partial charge in [-0.3, -0.25) is 0 Å². The number of ether oxygens (including phenoxy) is 1. The molecule has 0 aliphatic carbocycles. The van der Waals surface area contributed by atoms with Crippen molar-refractivity contribution in [3.63, 3.8) is 0 Å². The summed E-state index contributed by atoms with van der Waals surface area (Å²) in [4.78, 5) is 0. The van der Waals surface area contributed by atoms with Crippen LogP contribution in [-0.4, -0.2) is 17.8 Å². The second-order valence-electron chi connectivity index (χ2n) is 5.35. The maximum atomic E-state index is 10.5. The van der Waals surface area contributed by atoms with Gasteiger partial charge in [-0.05, 0) is 30.5 Å². The van der Waals surface area contributed by atoms with Crippen LogP contribution in [0.3, 0.4) is 0 Å². The third-order valence-corrected chi connectivity index (χ3v) is 3.34. The smallest absolute Gasteiger partial charge is 0.107 e. The van der Waals surface area contributed by atoms with Crippen LogP contribution in [0.5, 0.6) is 0 Å². The molecule has 0 fully saturated rings. The fourth-order valence-electron chi connectivity index (χ4n) is 1.90. The van der Waals surface area contributed by atoms with E-state index in [0.717, 1.165) is 0 Å². The Morgan fingerprint density at radius 1 is 1.28 bits per heavy atom. The molecule has 2 unspecified atom stereocenters. The van der Waals surface area contributed by atoms with Gasteiger partial charge in [0.15, 0.2) is 0 Å². The minimum absolute atomic E-state index is 0.193. The molecular weight excluding hydrogens is 271 g/mol. The summed E-state index contributed by atoms with van der Waals surface area (Å²) >= 11 is 12.1. The molecule has 1 N–H and O–H groups in total. The lowest BCUT2D eigenvalue weighted by Gasteiger charge is -2.34. The number of aliphatic hydroxyl groups excluding tert-OH is 1. The Morgan fingerprint density at radius 3 is 2.39 bits per heavy atom. The van der Waals surface area contributed by atoms with Crippen molar-refractivity contribution in [3.8, 4) is 0 Å². The van der Waals surface area contributed by atoms with E-state index in [-0.39, 0.29) is 11.5 Å². The van der Waals surface area contributed by atoms with E-state index in [1.807, 2.05) is 27.7 Å². The molecule has 0 amide bonds. The molecule has 2 nitrogen and oxygen atoms in total. The van der Waals surface area contributed by atoms with Crippen LogP contribution in [-0.2, 0) is 4.74 Å². The van der Waals surface area contributed by atoms with Crippen molar-refractivity contribution in [1.29, 1.82) is 0 Å². The van der Waals surface area contributed by atoms with Crippen molar-refractivity contribution in [3.05, 3.63) is 33.8 Å². The van der Waals surface area contributed by atoms with Crippen LogP contribution in [0.15, 0.2) is 18.2 Å². The highest BCUT2D eigenvalue weighted by atomic mass is 35.5. The van der Waals surface area contributed by atoms with Crippen LogP contribution in [0.1, 0.15) is 39.4 Å². The van der Waals surface area contributed by atoms with E-state index in [9.17, 15) is 5.11 Å². The second-order valence-corrected chi connectivity index (χ2v) is 6.20. The van der Waals surface area contributed by atoms with Gasteiger partial charge in [-0.25, -0.2) is 0 Å². The number of hydrogen-bond acceptors (Lipinski definition) is 2. The zero-order valence-electron chi connectivity index (χ0n) is 11.2. The van der Waals surface area contributed by atoms with E-state index in [1.54, 1.807) is 18.2 Å². The largest absolute Gasteiger partial charge is 0.386 e. The van der Waals surface area contributed by atoms with E-state index < -0.39 is 6.10 Å². The van der Waals surface area contributed by atoms with Crippen molar-refractivity contribution < 1.29 is 9.84 Å². The summed E-state index contributed by atoms with van der Waals surface area (Å²) in [6.45, 7) is 8.52. The molecule has 0 aromatic heterocycles.